The van der Waals surface area contributed by atoms with Crippen LogP contribution in [-0.2, 0) is 12.7 Å². The number of phenols is 1. The number of hydrogen-bond acceptors (Lipinski definition) is 5. The van der Waals surface area contributed by atoms with Gasteiger partial charge in [0.05, 0.1) is 10.9 Å². The smallest absolute Gasteiger partial charge is 0.453 e. The summed E-state index contributed by atoms with van der Waals surface area (Å²) in [7, 11) is 0. The molecule has 0 bridgehead atoms. The van der Waals surface area contributed by atoms with Crippen LogP contribution in [0.1, 0.15) is 55.9 Å². The van der Waals surface area contributed by atoms with E-state index in [-0.39, 0.29) is 40.6 Å². The van der Waals surface area contributed by atoms with Gasteiger partial charge in [-0.1, -0.05) is 38.3 Å². The van der Waals surface area contributed by atoms with Crippen molar-refractivity contribution in [2.45, 2.75) is 64.7 Å². The van der Waals surface area contributed by atoms with Crippen molar-refractivity contribution in [2.75, 3.05) is 6.54 Å². The van der Waals surface area contributed by atoms with E-state index in [9.17, 15) is 23.1 Å². The zero-order chi connectivity index (χ0) is 24.5. The molecule has 1 N–H and O–H groups in total. The van der Waals surface area contributed by atoms with Gasteiger partial charge in [-0.15, -0.1) is 0 Å². The van der Waals surface area contributed by atoms with Crippen molar-refractivity contribution in [1.82, 2.24) is 4.90 Å². The molecule has 5 nitrogen and oxygen atoms in total. The summed E-state index contributed by atoms with van der Waals surface area (Å²) >= 11 is 0. The maximum absolute atomic E-state index is 14.0. The molecule has 2 aromatic carbocycles. The summed E-state index contributed by atoms with van der Waals surface area (Å²) in [4.78, 5) is 15.3. The van der Waals surface area contributed by atoms with Gasteiger partial charge in [0, 0.05) is 12.6 Å². The first-order valence-corrected chi connectivity index (χ1v) is 11.6. The average molecular weight is 476 g/mol. The van der Waals surface area contributed by atoms with Crippen molar-refractivity contribution in [3.05, 3.63) is 63.5 Å². The Morgan fingerprint density at radius 3 is 2.53 bits per heavy atom. The number of alkyl halides is 3. The quantitative estimate of drug-likeness (QED) is 0.426. The van der Waals surface area contributed by atoms with Gasteiger partial charge in [-0.25, -0.2) is 0 Å². The molecular weight excluding hydrogens is 447 g/mol. The molecule has 0 aliphatic heterocycles. The molecule has 0 spiro atoms. The zero-order valence-electron chi connectivity index (χ0n) is 19.2. The number of benzene rings is 2. The van der Waals surface area contributed by atoms with Gasteiger partial charge in [0.15, 0.2) is 0 Å². The highest BCUT2D eigenvalue weighted by Gasteiger charge is 2.41. The summed E-state index contributed by atoms with van der Waals surface area (Å²) in [5, 5.41) is 10.5. The maximum Gasteiger partial charge on any atom is 0.453 e. The van der Waals surface area contributed by atoms with Crippen LogP contribution in [-0.4, -0.2) is 22.6 Å². The number of rotatable bonds is 6. The van der Waals surface area contributed by atoms with Crippen LogP contribution in [0.3, 0.4) is 0 Å². The van der Waals surface area contributed by atoms with Crippen LogP contribution >= 0.6 is 0 Å². The van der Waals surface area contributed by atoms with E-state index in [1.54, 1.807) is 19.1 Å². The van der Waals surface area contributed by atoms with Crippen molar-refractivity contribution in [1.29, 1.82) is 0 Å². The lowest BCUT2D eigenvalue weighted by molar-refractivity contribution is -0.154. The van der Waals surface area contributed by atoms with E-state index in [2.05, 4.69) is 4.90 Å². The van der Waals surface area contributed by atoms with Gasteiger partial charge in [0.25, 0.3) is 5.76 Å². The molecular formula is C26H28F3NO4. The molecule has 0 unspecified atom stereocenters. The van der Waals surface area contributed by atoms with E-state index < -0.39 is 23.1 Å². The Labute approximate surface area is 195 Å². The Hall–Kier alpha value is -3.00. The normalized spacial score (nSPS) is 15.2. The van der Waals surface area contributed by atoms with Gasteiger partial charge in [0.2, 0.25) is 11.2 Å². The zero-order valence-corrected chi connectivity index (χ0v) is 19.2. The Morgan fingerprint density at radius 2 is 1.88 bits per heavy atom. The average Bonchev–Trinajstić information content (AvgIpc) is 2.80. The molecule has 182 valence electrons. The molecule has 0 saturated heterocycles. The highest BCUT2D eigenvalue weighted by Crippen LogP contribution is 2.40. The van der Waals surface area contributed by atoms with Crippen LogP contribution < -0.4 is 10.2 Å². The number of fused-ring (bicyclic) bond motifs is 1. The van der Waals surface area contributed by atoms with E-state index in [0.717, 1.165) is 31.2 Å². The van der Waals surface area contributed by atoms with Gasteiger partial charge >= 0.3 is 6.18 Å². The second-order valence-corrected chi connectivity index (χ2v) is 8.80. The fourth-order valence-electron chi connectivity index (χ4n) is 4.66. The van der Waals surface area contributed by atoms with Crippen molar-refractivity contribution >= 4 is 11.0 Å². The van der Waals surface area contributed by atoms with E-state index in [1.165, 1.54) is 30.7 Å². The molecule has 34 heavy (non-hydrogen) atoms. The second kappa shape index (κ2) is 9.70. The third-order valence-corrected chi connectivity index (χ3v) is 6.42. The first-order chi connectivity index (χ1) is 16.2. The lowest BCUT2D eigenvalue weighted by Gasteiger charge is -2.33. The third-order valence-electron chi connectivity index (χ3n) is 6.42. The van der Waals surface area contributed by atoms with Crippen LogP contribution in [0.2, 0.25) is 0 Å². The summed E-state index contributed by atoms with van der Waals surface area (Å²) in [5.41, 5.74) is -0.249. The van der Waals surface area contributed by atoms with Crippen LogP contribution in [0, 0.1) is 6.92 Å². The minimum absolute atomic E-state index is 0.0665. The summed E-state index contributed by atoms with van der Waals surface area (Å²) < 4.78 is 52.8. The molecule has 1 heterocycles. The van der Waals surface area contributed by atoms with Gasteiger partial charge in [-0.3, -0.25) is 9.69 Å². The predicted molar refractivity (Wildman–Crippen MR) is 123 cm³/mol. The topological polar surface area (TPSA) is 62.9 Å². The Morgan fingerprint density at radius 1 is 1.15 bits per heavy atom. The summed E-state index contributed by atoms with van der Waals surface area (Å²) in [6.45, 7) is 4.58. The molecule has 1 aliphatic carbocycles. The Bertz CT molecular complexity index is 1230. The van der Waals surface area contributed by atoms with Gasteiger partial charge in [-0.2, -0.15) is 13.2 Å². The standard InChI is InChI=1S/C26H28F3NO4/c1-3-30(17-9-5-4-6-10-17)15-20-21(31)13-12-19-22(32)24(25(26(27,28)29)34-23(19)20)33-18-11-7-8-16(2)14-18/h7-8,11-14,17,31H,3-6,9-10,15H2,1-2H3. The minimum atomic E-state index is -4.97. The second-order valence-electron chi connectivity index (χ2n) is 8.80. The lowest BCUT2D eigenvalue weighted by atomic mass is 9.93. The monoisotopic (exact) mass is 475 g/mol. The molecule has 1 fully saturated rings. The Kier molecular flexibility index (Phi) is 6.89. The molecule has 1 aliphatic rings. The summed E-state index contributed by atoms with van der Waals surface area (Å²) in [5.74, 6) is -2.53. The van der Waals surface area contributed by atoms with Crippen molar-refractivity contribution < 1.29 is 27.4 Å². The first kappa shape index (κ1) is 24.1. The number of nitrogens with zero attached hydrogens (tertiary/aromatic N) is 1. The van der Waals surface area contributed by atoms with Crippen LogP contribution in [0.15, 0.2) is 45.6 Å². The van der Waals surface area contributed by atoms with Crippen molar-refractivity contribution in [2.24, 2.45) is 0 Å². The van der Waals surface area contributed by atoms with Gasteiger partial charge < -0.3 is 14.3 Å². The Balaban J connectivity index is 1.85. The molecule has 0 amide bonds. The van der Waals surface area contributed by atoms with E-state index >= 15 is 0 Å². The number of phenolic OH excluding ortho intramolecular Hbond substituents is 1. The third kappa shape index (κ3) is 4.92. The van der Waals surface area contributed by atoms with Crippen molar-refractivity contribution in [3.8, 4) is 17.2 Å². The number of hydrogen-bond donors (Lipinski definition) is 1. The van der Waals surface area contributed by atoms with Crippen LogP contribution in [0.4, 0.5) is 13.2 Å². The number of aryl methyl sites for hydroxylation is 1. The number of halogens is 3. The van der Waals surface area contributed by atoms with E-state index in [0.29, 0.717) is 6.54 Å². The van der Waals surface area contributed by atoms with Gasteiger partial charge in [-0.05, 0) is 56.1 Å². The van der Waals surface area contributed by atoms with E-state index in [4.69, 9.17) is 9.15 Å². The number of aromatic hydroxyl groups is 1. The molecule has 3 aromatic rings. The number of ether oxygens (including phenoxy) is 1. The molecule has 0 radical (unpaired) electrons. The first-order valence-electron chi connectivity index (χ1n) is 11.6. The summed E-state index contributed by atoms with van der Waals surface area (Å²) in [6, 6.07) is 9.28. The molecule has 1 saturated carbocycles. The molecule has 4 rings (SSSR count). The highest BCUT2D eigenvalue weighted by molar-refractivity contribution is 5.83. The minimum Gasteiger partial charge on any atom is -0.507 e. The largest absolute Gasteiger partial charge is 0.507 e. The van der Waals surface area contributed by atoms with E-state index in [1.807, 2.05) is 6.92 Å². The fraction of sp³-hybridized carbons (Fsp3) is 0.423. The van der Waals surface area contributed by atoms with Gasteiger partial charge in [0.1, 0.15) is 17.1 Å². The predicted octanol–water partition coefficient (Wildman–Crippen LogP) is 6.77. The fourth-order valence-corrected chi connectivity index (χ4v) is 4.66. The summed E-state index contributed by atoms with van der Waals surface area (Å²) in [6.07, 6.45) is 0.368. The molecule has 0 atom stereocenters. The molecule has 1 aromatic heterocycles. The molecule has 8 heteroatoms. The SMILES string of the molecule is CCN(Cc1c(O)ccc2c(=O)c(Oc3cccc(C)c3)c(C(F)(F)F)oc12)C1CCCCC1. The lowest BCUT2D eigenvalue weighted by Crippen LogP contribution is -2.36. The maximum atomic E-state index is 14.0. The van der Waals surface area contributed by atoms with Crippen molar-refractivity contribution in [3.63, 3.8) is 0 Å². The van der Waals surface area contributed by atoms with Crippen LogP contribution in [0.25, 0.3) is 11.0 Å². The highest BCUT2D eigenvalue weighted by atomic mass is 19.4. The van der Waals surface area contributed by atoms with Crippen LogP contribution in [0.5, 0.6) is 17.2 Å².